The average molecular weight is 435 g/mol. The quantitative estimate of drug-likeness (QED) is 0.526. The standard InChI is InChI=1S/C25H30N4O3/c1-28(25(30)31-18-19-9-5-3-6-10-19)17-23-24(26-27-29(23)2)20-13-15-22(16-14-20)32-21-11-7-4-8-12-21/h3,5-6,9-10,13-16,21H,4,7-8,11-12,17-18H2,1-2H3. The number of carbonyl (C=O) groups is 1. The van der Waals surface area contributed by atoms with Crippen LogP contribution in [0.5, 0.6) is 5.75 Å². The van der Waals surface area contributed by atoms with Crippen LogP contribution in [0.1, 0.15) is 43.4 Å². The summed E-state index contributed by atoms with van der Waals surface area (Å²) < 4.78 is 13.3. The van der Waals surface area contributed by atoms with Crippen molar-refractivity contribution in [3.8, 4) is 17.0 Å². The molecule has 32 heavy (non-hydrogen) atoms. The molecule has 1 fully saturated rings. The van der Waals surface area contributed by atoms with Gasteiger partial charge in [-0.25, -0.2) is 9.48 Å². The molecular formula is C25H30N4O3. The number of hydrogen-bond donors (Lipinski definition) is 0. The number of nitrogens with zero attached hydrogens (tertiary/aromatic N) is 4. The molecule has 2 aromatic carbocycles. The molecule has 0 atom stereocenters. The van der Waals surface area contributed by atoms with Gasteiger partial charge >= 0.3 is 6.09 Å². The van der Waals surface area contributed by atoms with Crippen LogP contribution < -0.4 is 4.74 Å². The maximum Gasteiger partial charge on any atom is 0.410 e. The van der Waals surface area contributed by atoms with E-state index in [1.54, 1.807) is 11.7 Å². The van der Waals surface area contributed by atoms with Crippen LogP contribution in [0.25, 0.3) is 11.3 Å². The molecule has 1 aliphatic rings. The summed E-state index contributed by atoms with van der Waals surface area (Å²) in [6, 6.07) is 17.6. The Morgan fingerprint density at radius 2 is 1.78 bits per heavy atom. The van der Waals surface area contributed by atoms with Gasteiger partial charge in [-0.05, 0) is 55.5 Å². The van der Waals surface area contributed by atoms with Crippen molar-refractivity contribution in [3.05, 3.63) is 65.9 Å². The van der Waals surface area contributed by atoms with Crippen molar-refractivity contribution in [1.29, 1.82) is 0 Å². The summed E-state index contributed by atoms with van der Waals surface area (Å²) in [7, 11) is 3.54. The fourth-order valence-corrected chi connectivity index (χ4v) is 3.96. The minimum atomic E-state index is -0.391. The second-order valence-electron chi connectivity index (χ2n) is 8.31. The van der Waals surface area contributed by atoms with Crippen LogP contribution >= 0.6 is 0 Å². The predicted octanol–water partition coefficient (Wildman–Crippen LogP) is 4.96. The maximum absolute atomic E-state index is 12.5. The number of aryl methyl sites for hydroxylation is 1. The smallest absolute Gasteiger partial charge is 0.410 e. The Balaban J connectivity index is 1.39. The Morgan fingerprint density at radius 3 is 2.50 bits per heavy atom. The zero-order valence-corrected chi connectivity index (χ0v) is 18.7. The van der Waals surface area contributed by atoms with Crippen molar-refractivity contribution in [3.63, 3.8) is 0 Å². The Labute approximate surface area is 188 Å². The Hall–Kier alpha value is -3.35. The third kappa shape index (κ3) is 5.46. The lowest BCUT2D eigenvalue weighted by Crippen LogP contribution is -2.28. The number of carbonyl (C=O) groups excluding carboxylic acids is 1. The van der Waals surface area contributed by atoms with Crippen molar-refractivity contribution in [2.24, 2.45) is 7.05 Å². The van der Waals surface area contributed by atoms with Gasteiger partial charge in [-0.15, -0.1) is 5.10 Å². The fourth-order valence-electron chi connectivity index (χ4n) is 3.96. The second-order valence-corrected chi connectivity index (χ2v) is 8.31. The van der Waals surface area contributed by atoms with Crippen LogP contribution in [0.2, 0.25) is 0 Å². The Morgan fingerprint density at radius 1 is 1.06 bits per heavy atom. The van der Waals surface area contributed by atoms with E-state index in [1.165, 1.54) is 24.2 Å². The van der Waals surface area contributed by atoms with Crippen LogP contribution in [-0.4, -0.2) is 39.1 Å². The zero-order valence-electron chi connectivity index (χ0n) is 18.7. The van der Waals surface area contributed by atoms with Gasteiger partial charge in [0.25, 0.3) is 0 Å². The van der Waals surface area contributed by atoms with Crippen LogP contribution in [0, 0.1) is 0 Å². The molecular weight excluding hydrogens is 404 g/mol. The molecule has 0 spiro atoms. The van der Waals surface area contributed by atoms with Crippen molar-refractivity contribution in [2.45, 2.75) is 51.4 Å². The molecule has 1 aliphatic carbocycles. The second kappa shape index (κ2) is 10.3. The zero-order chi connectivity index (χ0) is 22.3. The summed E-state index contributed by atoms with van der Waals surface area (Å²) in [5.74, 6) is 0.882. The minimum absolute atomic E-state index is 0.239. The number of rotatable bonds is 7. The van der Waals surface area contributed by atoms with Crippen molar-refractivity contribution < 1.29 is 14.3 Å². The molecule has 1 aromatic heterocycles. The van der Waals surface area contributed by atoms with E-state index in [-0.39, 0.29) is 6.61 Å². The third-order valence-electron chi connectivity index (χ3n) is 5.83. The first kappa shape index (κ1) is 21.9. The van der Waals surface area contributed by atoms with E-state index in [0.717, 1.165) is 41.1 Å². The molecule has 0 saturated heterocycles. The van der Waals surface area contributed by atoms with Crippen LogP contribution in [0.4, 0.5) is 4.79 Å². The first-order valence-corrected chi connectivity index (χ1v) is 11.2. The van der Waals surface area contributed by atoms with Gasteiger partial charge in [0.15, 0.2) is 0 Å². The van der Waals surface area contributed by atoms with Gasteiger partial charge in [-0.2, -0.15) is 0 Å². The topological polar surface area (TPSA) is 69.5 Å². The average Bonchev–Trinajstić information content (AvgIpc) is 3.19. The van der Waals surface area contributed by atoms with E-state index in [0.29, 0.717) is 12.6 Å². The molecule has 1 saturated carbocycles. The van der Waals surface area contributed by atoms with E-state index < -0.39 is 6.09 Å². The molecule has 168 valence electrons. The Kier molecular flexibility index (Phi) is 7.04. The number of amides is 1. The number of aromatic nitrogens is 3. The molecule has 0 N–H and O–H groups in total. The van der Waals surface area contributed by atoms with Gasteiger partial charge < -0.3 is 14.4 Å². The highest BCUT2D eigenvalue weighted by atomic mass is 16.6. The van der Waals surface area contributed by atoms with E-state index in [4.69, 9.17) is 9.47 Å². The van der Waals surface area contributed by atoms with Gasteiger partial charge in [0, 0.05) is 19.7 Å². The normalized spacial score (nSPS) is 14.2. The van der Waals surface area contributed by atoms with Gasteiger partial charge in [-0.3, -0.25) is 0 Å². The van der Waals surface area contributed by atoms with Crippen molar-refractivity contribution in [1.82, 2.24) is 19.9 Å². The summed E-state index contributed by atoms with van der Waals surface area (Å²) in [6.45, 7) is 0.579. The van der Waals surface area contributed by atoms with E-state index in [9.17, 15) is 4.79 Å². The lowest BCUT2D eigenvalue weighted by Gasteiger charge is -2.23. The lowest BCUT2D eigenvalue weighted by atomic mass is 9.98. The van der Waals surface area contributed by atoms with E-state index >= 15 is 0 Å². The molecule has 1 amide bonds. The molecule has 0 unspecified atom stereocenters. The number of ether oxygens (including phenoxy) is 2. The maximum atomic E-state index is 12.5. The molecule has 0 bridgehead atoms. The van der Waals surface area contributed by atoms with Crippen molar-refractivity contribution in [2.75, 3.05) is 7.05 Å². The molecule has 7 nitrogen and oxygen atoms in total. The molecule has 0 aliphatic heterocycles. The van der Waals surface area contributed by atoms with Crippen molar-refractivity contribution >= 4 is 6.09 Å². The van der Waals surface area contributed by atoms with Crippen LogP contribution in [0.15, 0.2) is 54.6 Å². The highest BCUT2D eigenvalue weighted by molar-refractivity contribution is 5.68. The molecule has 1 heterocycles. The predicted molar refractivity (Wildman–Crippen MR) is 122 cm³/mol. The third-order valence-corrected chi connectivity index (χ3v) is 5.83. The summed E-state index contributed by atoms with van der Waals surface area (Å²) in [6.07, 6.45) is 5.98. The lowest BCUT2D eigenvalue weighted by molar-refractivity contribution is 0.102. The Bertz CT molecular complexity index is 1010. The van der Waals surface area contributed by atoms with Crippen LogP contribution in [-0.2, 0) is 24.9 Å². The van der Waals surface area contributed by atoms with E-state index in [1.807, 2.05) is 61.6 Å². The van der Waals surface area contributed by atoms with E-state index in [2.05, 4.69) is 10.3 Å². The minimum Gasteiger partial charge on any atom is -0.490 e. The summed E-state index contributed by atoms with van der Waals surface area (Å²) in [5.41, 5.74) is 3.48. The molecule has 0 radical (unpaired) electrons. The highest BCUT2D eigenvalue weighted by Gasteiger charge is 2.19. The van der Waals surface area contributed by atoms with Gasteiger partial charge in [0.2, 0.25) is 0 Å². The van der Waals surface area contributed by atoms with Gasteiger partial charge in [-0.1, -0.05) is 42.0 Å². The van der Waals surface area contributed by atoms with Gasteiger partial charge in [0.05, 0.1) is 18.3 Å². The van der Waals surface area contributed by atoms with Crippen LogP contribution in [0.3, 0.4) is 0 Å². The number of benzene rings is 2. The summed E-state index contributed by atoms with van der Waals surface area (Å²) in [5, 5.41) is 8.50. The molecule has 4 rings (SSSR count). The van der Waals surface area contributed by atoms with Gasteiger partial charge in [0.1, 0.15) is 18.1 Å². The number of hydrogen-bond acceptors (Lipinski definition) is 5. The first-order valence-electron chi connectivity index (χ1n) is 11.2. The fraction of sp³-hybridized carbons (Fsp3) is 0.400. The first-order chi connectivity index (χ1) is 15.6. The molecule has 3 aromatic rings. The SMILES string of the molecule is CN(Cc1c(-c2ccc(OC3CCCCC3)cc2)nnn1C)C(=O)OCc1ccccc1. The summed E-state index contributed by atoms with van der Waals surface area (Å²) in [4.78, 5) is 14.0. The summed E-state index contributed by atoms with van der Waals surface area (Å²) >= 11 is 0. The highest BCUT2D eigenvalue weighted by Crippen LogP contribution is 2.27. The monoisotopic (exact) mass is 434 g/mol. The molecule has 7 heteroatoms. The largest absolute Gasteiger partial charge is 0.490 e.